The highest BCUT2D eigenvalue weighted by atomic mass is 35.5. The zero-order valence-corrected chi connectivity index (χ0v) is 9.18. The summed E-state index contributed by atoms with van der Waals surface area (Å²) >= 11 is 6.14. The molecule has 0 unspecified atom stereocenters. The molecule has 0 saturated heterocycles. The van der Waals surface area contributed by atoms with E-state index in [1.807, 2.05) is 19.2 Å². The molecule has 2 rings (SSSR count). The highest BCUT2D eigenvalue weighted by Crippen LogP contribution is 2.34. The molecule has 1 heterocycles. The van der Waals surface area contributed by atoms with Gasteiger partial charge in [0.05, 0.1) is 5.02 Å². The van der Waals surface area contributed by atoms with E-state index in [1.165, 1.54) is 6.92 Å². The number of nitrogens with one attached hydrogen (secondary N) is 1. The fourth-order valence-corrected chi connectivity index (χ4v) is 1.91. The van der Waals surface area contributed by atoms with Crippen molar-refractivity contribution in [3.8, 4) is 5.75 Å². The molecule has 0 radical (unpaired) electrons. The van der Waals surface area contributed by atoms with Crippen molar-refractivity contribution in [2.75, 3.05) is 0 Å². The first kappa shape index (κ1) is 10.1. The predicted molar refractivity (Wildman–Crippen MR) is 59.4 cm³/mol. The summed E-state index contributed by atoms with van der Waals surface area (Å²) in [6.07, 6.45) is 1.87. The number of rotatable bonds is 1. The van der Waals surface area contributed by atoms with Crippen molar-refractivity contribution in [3.63, 3.8) is 0 Å². The van der Waals surface area contributed by atoms with Crippen LogP contribution in [0.15, 0.2) is 18.3 Å². The molecule has 0 atom stereocenters. The van der Waals surface area contributed by atoms with Crippen LogP contribution >= 0.6 is 11.6 Å². The van der Waals surface area contributed by atoms with Gasteiger partial charge in [-0.25, -0.2) is 0 Å². The number of esters is 1. The number of carbonyl (C=O) groups is 1. The zero-order chi connectivity index (χ0) is 11.0. The molecule has 4 heteroatoms. The minimum absolute atomic E-state index is 0.371. The van der Waals surface area contributed by atoms with Crippen LogP contribution in [0.4, 0.5) is 0 Å². The van der Waals surface area contributed by atoms with Crippen LogP contribution in [0.2, 0.25) is 5.02 Å². The van der Waals surface area contributed by atoms with Crippen LogP contribution in [0.5, 0.6) is 5.75 Å². The molecule has 0 fully saturated rings. The molecule has 0 aliphatic carbocycles. The highest BCUT2D eigenvalue weighted by Gasteiger charge is 2.11. The Morgan fingerprint density at radius 2 is 2.20 bits per heavy atom. The second kappa shape index (κ2) is 3.59. The molecule has 78 valence electrons. The second-order valence-electron chi connectivity index (χ2n) is 3.37. The summed E-state index contributed by atoms with van der Waals surface area (Å²) in [7, 11) is 0. The summed E-state index contributed by atoms with van der Waals surface area (Å²) in [5, 5.41) is 1.37. The van der Waals surface area contributed by atoms with Crippen molar-refractivity contribution in [1.82, 2.24) is 4.98 Å². The molecule has 0 saturated carbocycles. The molecule has 1 N–H and O–H groups in total. The highest BCUT2D eigenvalue weighted by molar-refractivity contribution is 6.37. The van der Waals surface area contributed by atoms with Gasteiger partial charge in [-0.3, -0.25) is 4.79 Å². The van der Waals surface area contributed by atoms with Crippen molar-refractivity contribution in [1.29, 1.82) is 0 Å². The molecular formula is C11H10ClNO2. The van der Waals surface area contributed by atoms with Gasteiger partial charge in [0.15, 0.2) is 0 Å². The predicted octanol–water partition coefficient (Wildman–Crippen LogP) is 3.06. The van der Waals surface area contributed by atoms with E-state index in [-0.39, 0.29) is 5.97 Å². The van der Waals surface area contributed by atoms with E-state index in [4.69, 9.17) is 16.3 Å². The van der Waals surface area contributed by atoms with Crippen molar-refractivity contribution in [2.45, 2.75) is 13.8 Å². The summed E-state index contributed by atoms with van der Waals surface area (Å²) in [6, 6.07) is 3.52. The molecule has 1 aromatic carbocycles. The van der Waals surface area contributed by atoms with Gasteiger partial charge in [0.1, 0.15) is 5.75 Å². The normalized spacial score (nSPS) is 10.6. The average Bonchev–Trinajstić information content (AvgIpc) is 2.53. The number of fused-ring (bicyclic) bond motifs is 1. The fourth-order valence-electron chi connectivity index (χ4n) is 1.55. The fraction of sp³-hybridized carbons (Fsp3) is 0.182. The van der Waals surface area contributed by atoms with Crippen molar-refractivity contribution in [3.05, 3.63) is 28.9 Å². The van der Waals surface area contributed by atoms with E-state index in [1.54, 1.807) is 6.07 Å². The first-order valence-corrected chi connectivity index (χ1v) is 4.92. The van der Waals surface area contributed by atoms with Crippen molar-refractivity contribution >= 4 is 28.5 Å². The molecule has 0 spiro atoms. The van der Waals surface area contributed by atoms with Crippen LogP contribution in [0.25, 0.3) is 10.9 Å². The Kier molecular flexibility index (Phi) is 2.40. The van der Waals surface area contributed by atoms with Crippen molar-refractivity contribution < 1.29 is 9.53 Å². The third-order valence-electron chi connectivity index (χ3n) is 2.20. The first-order valence-electron chi connectivity index (χ1n) is 4.54. The molecule has 3 nitrogen and oxygen atoms in total. The summed E-state index contributed by atoms with van der Waals surface area (Å²) in [5.41, 5.74) is 1.97. The Bertz CT molecular complexity index is 531. The number of aryl methyl sites for hydroxylation is 1. The molecular weight excluding hydrogens is 214 g/mol. The molecule has 1 aromatic heterocycles. The smallest absolute Gasteiger partial charge is 0.308 e. The monoisotopic (exact) mass is 223 g/mol. The van der Waals surface area contributed by atoms with E-state index in [0.717, 1.165) is 16.5 Å². The number of hydrogen-bond donors (Lipinski definition) is 1. The lowest BCUT2D eigenvalue weighted by molar-refractivity contribution is -0.131. The summed E-state index contributed by atoms with van der Waals surface area (Å²) in [5.74, 6) is 0.0313. The number of benzene rings is 1. The van der Waals surface area contributed by atoms with E-state index in [9.17, 15) is 4.79 Å². The van der Waals surface area contributed by atoms with Gasteiger partial charge in [0, 0.05) is 24.0 Å². The largest absolute Gasteiger partial charge is 0.425 e. The van der Waals surface area contributed by atoms with E-state index in [2.05, 4.69) is 4.98 Å². The number of aromatic amines is 1. The lowest BCUT2D eigenvalue weighted by Crippen LogP contribution is -2.01. The molecule has 0 amide bonds. The lowest BCUT2D eigenvalue weighted by Gasteiger charge is -2.05. The molecule has 0 aliphatic heterocycles. The van der Waals surface area contributed by atoms with Crippen LogP contribution in [0, 0.1) is 6.92 Å². The van der Waals surface area contributed by atoms with Gasteiger partial charge in [-0.2, -0.15) is 0 Å². The number of carbonyl (C=O) groups excluding carboxylic acids is 1. The third kappa shape index (κ3) is 1.70. The van der Waals surface area contributed by atoms with Gasteiger partial charge in [0.25, 0.3) is 0 Å². The molecule has 0 aliphatic rings. The second-order valence-corrected chi connectivity index (χ2v) is 3.74. The van der Waals surface area contributed by atoms with E-state index in [0.29, 0.717) is 10.8 Å². The van der Waals surface area contributed by atoms with Crippen LogP contribution in [-0.4, -0.2) is 11.0 Å². The third-order valence-corrected chi connectivity index (χ3v) is 2.57. The van der Waals surface area contributed by atoms with Gasteiger partial charge in [-0.15, -0.1) is 0 Å². The quantitative estimate of drug-likeness (QED) is 0.596. The summed E-state index contributed by atoms with van der Waals surface area (Å²) in [6.45, 7) is 3.30. The van der Waals surface area contributed by atoms with Gasteiger partial charge in [0.2, 0.25) is 0 Å². The van der Waals surface area contributed by atoms with Gasteiger partial charge < -0.3 is 9.72 Å². The van der Waals surface area contributed by atoms with Crippen LogP contribution in [-0.2, 0) is 4.79 Å². The number of aromatic nitrogens is 1. The Morgan fingerprint density at radius 1 is 1.47 bits per heavy atom. The topological polar surface area (TPSA) is 42.1 Å². The van der Waals surface area contributed by atoms with E-state index < -0.39 is 0 Å². The number of hydrogen-bond acceptors (Lipinski definition) is 2. The zero-order valence-electron chi connectivity index (χ0n) is 8.43. The van der Waals surface area contributed by atoms with Crippen LogP contribution in [0.1, 0.15) is 12.5 Å². The minimum atomic E-state index is -0.371. The Hall–Kier alpha value is -1.48. The van der Waals surface area contributed by atoms with Crippen molar-refractivity contribution in [2.24, 2.45) is 0 Å². The van der Waals surface area contributed by atoms with Gasteiger partial charge >= 0.3 is 5.97 Å². The Labute approximate surface area is 92.0 Å². The summed E-state index contributed by atoms with van der Waals surface area (Å²) < 4.78 is 4.99. The Balaban J connectivity index is 2.63. The molecule has 15 heavy (non-hydrogen) atoms. The maximum absolute atomic E-state index is 10.8. The number of ether oxygens (including phenoxy) is 1. The first-order chi connectivity index (χ1) is 7.09. The SMILES string of the molecule is CC(=O)Oc1ccc2[nH]cc(C)c2c1Cl. The number of halogens is 1. The van der Waals surface area contributed by atoms with Crippen LogP contribution < -0.4 is 4.74 Å². The lowest BCUT2D eigenvalue weighted by atomic mass is 10.2. The molecule has 2 aromatic rings. The van der Waals surface area contributed by atoms with Gasteiger partial charge in [-0.05, 0) is 24.6 Å². The van der Waals surface area contributed by atoms with Crippen LogP contribution in [0.3, 0.4) is 0 Å². The average molecular weight is 224 g/mol. The Morgan fingerprint density at radius 3 is 2.87 bits per heavy atom. The maximum atomic E-state index is 10.8. The van der Waals surface area contributed by atoms with Gasteiger partial charge in [-0.1, -0.05) is 11.6 Å². The number of H-pyrrole nitrogens is 1. The maximum Gasteiger partial charge on any atom is 0.308 e. The molecule has 0 bridgehead atoms. The summed E-state index contributed by atoms with van der Waals surface area (Å²) in [4.78, 5) is 13.9. The standard InChI is InChI=1S/C11H10ClNO2/c1-6-5-13-8-3-4-9(15-7(2)14)11(12)10(6)8/h3-5,13H,1-2H3. The minimum Gasteiger partial charge on any atom is -0.425 e. The van der Waals surface area contributed by atoms with E-state index >= 15 is 0 Å².